The first kappa shape index (κ1) is 12.9. The highest BCUT2D eigenvalue weighted by Crippen LogP contribution is 2.13. The molecule has 1 aliphatic rings. The third kappa shape index (κ3) is 3.00. The molecule has 1 heterocycles. The van der Waals surface area contributed by atoms with E-state index in [4.69, 9.17) is 5.73 Å². The highest BCUT2D eigenvalue weighted by Gasteiger charge is 2.31. The molecule has 0 spiro atoms. The minimum atomic E-state index is -0.814. The molecule has 2 rings (SSSR count). The Hall–Kier alpha value is -1.59. The van der Waals surface area contributed by atoms with Crippen molar-refractivity contribution < 1.29 is 15.0 Å². The summed E-state index contributed by atoms with van der Waals surface area (Å²) in [5.41, 5.74) is 7.34. The number of anilines is 1. The summed E-state index contributed by atoms with van der Waals surface area (Å²) in [6, 6.07) is 7.42. The van der Waals surface area contributed by atoms with Gasteiger partial charge in [0.1, 0.15) is 0 Å². The molecular formula is C13H18N2O3. The minimum Gasteiger partial charge on any atom is -0.399 e. The summed E-state index contributed by atoms with van der Waals surface area (Å²) in [5, 5.41) is 18.8. The molecule has 1 aromatic carbocycles. The van der Waals surface area contributed by atoms with Crippen molar-refractivity contribution in [3.63, 3.8) is 0 Å². The highest BCUT2D eigenvalue weighted by molar-refractivity contribution is 5.77. The van der Waals surface area contributed by atoms with Crippen LogP contribution in [0.25, 0.3) is 0 Å². The maximum atomic E-state index is 11.9. The molecule has 2 atom stereocenters. The number of aryl methyl sites for hydroxylation is 1. The Morgan fingerprint density at radius 2 is 1.78 bits per heavy atom. The zero-order valence-corrected chi connectivity index (χ0v) is 10.1. The number of carbonyl (C=O) groups is 1. The zero-order valence-electron chi connectivity index (χ0n) is 10.1. The number of nitrogens with zero attached hydrogens (tertiary/aromatic N) is 1. The average molecular weight is 250 g/mol. The first-order chi connectivity index (χ1) is 8.56. The molecule has 0 saturated carbocycles. The van der Waals surface area contributed by atoms with Crippen molar-refractivity contribution >= 4 is 11.6 Å². The van der Waals surface area contributed by atoms with Crippen molar-refractivity contribution in [2.24, 2.45) is 0 Å². The lowest BCUT2D eigenvalue weighted by Gasteiger charge is -2.15. The molecule has 0 radical (unpaired) electrons. The van der Waals surface area contributed by atoms with Crippen LogP contribution in [0.15, 0.2) is 24.3 Å². The number of nitrogens with two attached hydrogens (primary N) is 1. The van der Waals surface area contributed by atoms with Crippen LogP contribution >= 0.6 is 0 Å². The van der Waals surface area contributed by atoms with Gasteiger partial charge >= 0.3 is 0 Å². The lowest BCUT2D eigenvalue weighted by molar-refractivity contribution is -0.130. The number of likely N-dealkylation sites (tertiary alicyclic amines) is 1. The Morgan fingerprint density at radius 1 is 1.22 bits per heavy atom. The third-order valence-electron chi connectivity index (χ3n) is 3.22. The molecule has 5 heteroatoms. The number of hydrogen-bond donors (Lipinski definition) is 3. The molecule has 4 N–H and O–H groups in total. The van der Waals surface area contributed by atoms with Gasteiger partial charge in [0.25, 0.3) is 0 Å². The minimum absolute atomic E-state index is 0.0394. The maximum absolute atomic E-state index is 11.9. The second kappa shape index (κ2) is 5.37. The molecule has 1 amide bonds. The van der Waals surface area contributed by atoms with E-state index in [2.05, 4.69) is 0 Å². The predicted molar refractivity (Wildman–Crippen MR) is 67.8 cm³/mol. The van der Waals surface area contributed by atoms with E-state index in [1.54, 1.807) is 0 Å². The Kier molecular flexibility index (Phi) is 3.84. The second-order valence-electron chi connectivity index (χ2n) is 4.67. The second-order valence-corrected chi connectivity index (χ2v) is 4.67. The number of rotatable bonds is 3. The fourth-order valence-corrected chi connectivity index (χ4v) is 2.07. The molecule has 98 valence electrons. The largest absolute Gasteiger partial charge is 0.399 e. The van der Waals surface area contributed by atoms with Gasteiger partial charge in [-0.3, -0.25) is 4.79 Å². The van der Waals surface area contributed by atoms with Gasteiger partial charge in [-0.25, -0.2) is 0 Å². The maximum Gasteiger partial charge on any atom is 0.223 e. The fourth-order valence-electron chi connectivity index (χ4n) is 2.07. The first-order valence-corrected chi connectivity index (χ1v) is 6.04. The quantitative estimate of drug-likeness (QED) is 0.646. The van der Waals surface area contributed by atoms with E-state index >= 15 is 0 Å². The van der Waals surface area contributed by atoms with E-state index in [-0.39, 0.29) is 19.0 Å². The van der Waals surface area contributed by atoms with Crippen molar-refractivity contribution in [1.82, 2.24) is 4.90 Å². The Bertz CT molecular complexity index is 409. The third-order valence-corrected chi connectivity index (χ3v) is 3.22. The molecule has 1 aromatic rings. The SMILES string of the molecule is Nc1ccc(CCC(=O)N2CC(O)C(O)C2)cc1. The highest BCUT2D eigenvalue weighted by atomic mass is 16.3. The molecule has 1 aliphatic heterocycles. The fraction of sp³-hybridized carbons (Fsp3) is 0.462. The number of amides is 1. The normalized spacial score (nSPS) is 23.3. The standard InChI is InChI=1S/C13H18N2O3/c14-10-4-1-9(2-5-10)3-6-13(18)15-7-11(16)12(17)8-15/h1-2,4-5,11-12,16-17H,3,6-8,14H2. The lowest BCUT2D eigenvalue weighted by Crippen LogP contribution is -2.29. The number of nitrogen functional groups attached to an aromatic ring is 1. The number of aliphatic hydroxyl groups is 2. The monoisotopic (exact) mass is 250 g/mol. The Morgan fingerprint density at radius 3 is 2.33 bits per heavy atom. The first-order valence-electron chi connectivity index (χ1n) is 6.04. The molecule has 18 heavy (non-hydrogen) atoms. The predicted octanol–water partition coefficient (Wildman–Crippen LogP) is -0.235. The van der Waals surface area contributed by atoms with E-state index in [0.29, 0.717) is 18.5 Å². The summed E-state index contributed by atoms with van der Waals surface area (Å²) in [6.07, 6.45) is -0.610. The zero-order chi connectivity index (χ0) is 13.1. The lowest BCUT2D eigenvalue weighted by atomic mass is 10.1. The van der Waals surface area contributed by atoms with Gasteiger partial charge in [0.15, 0.2) is 0 Å². The van der Waals surface area contributed by atoms with Crippen molar-refractivity contribution in [2.75, 3.05) is 18.8 Å². The van der Waals surface area contributed by atoms with Crippen molar-refractivity contribution in [1.29, 1.82) is 0 Å². The number of β-amino-alcohol motifs (C(OH)–C–C–N with tert-alkyl or cyclic N) is 2. The molecule has 0 aliphatic carbocycles. The van der Waals surface area contributed by atoms with E-state index in [1.165, 1.54) is 4.90 Å². The summed E-state index contributed by atoms with van der Waals surface area (Å²) in [7, 11) is 0. The number of benzene rings is 1. The van der Waals surface area contributed by atoms with Crippen LogP contribution in [0.4, 0.5) is 5.69 Å². The van der Waals surface area contributed by atoms with Crippen LogP contribution in [0, 0.1) is 0 Å². The average Bonchev–Trinajstić information content (AvgIpc) is 2.69. The summed E-state index contributed by atoms with van der Waals surface area (Å²) >= 11 is 0. The molecule has 0 bridgehead atoms. The van der Waals surface area contributed by atoms with Crippen LogP contribution in [0.1, 0.15) is 12.0 Å². The molecule has 0 aromatic heterocycles. The molecule has 1 fully saturated rings. The van der Waals surface area contributed by atoms with Crippen molar-refractivity contribution in [2.45, 2.75) is 25.0 Å². The van der Waals surface area contributed by atoms with E-state index in [9.17, 15) is 15.0 Å². The van der Waals surface area contributed by atoms with E-state index in [0.717, 1.165) is 5.56 Å². The topological polar surface area (TPSA) is 86.8 Å². The van der Waals surface area contributed by atoms with Gasteiger partial charge in [-0.15, -0.1) is 0 Å². The van der Waals surface area contributed by atoms with Gasteiger partial charge in [0.05, 0.1) is 12.2 Å². The Balaban J connectivity index is 1.83. The molecule has 5 nitrogen and oxygen atoms in total. The summed E-state index contributed by atoms with van der Waals surface area (Å²) in [6.45, 7) is 0.448. The van der Waals surface area contributed by atoms with Gasteiger partial charge in [-0.1, -0.05) is 12.1 Å². The smallest absolute Gasteiger partial charge is 0.223 e. The van der Waals surface area contributed by atoms with E-state index in [1.807, 2.05) is 24.3 Å². The van der Waals surface area contributed by atoms with E-state index < -0.39 is 12.2 Å². The van der Waals surface area contributed by atoms with Gasteiger partial charge in [-0.2, -0.15) is 0 Å². The van der Waals surface area contributed by atoms with Crippen LogP contribution in [0.5, 0.6) is 0 Å². The van der Waals surface area contributed by atoms with Gasteiger partial charge in [-0.05, 0) is 24.1 Å². The van der Waals surface area contributed by atoms with Gasteiger partial charge in [0, 0.05) is 25.2 Å². The number of hydrogen-bond acceptors (Lipinski definition) is 4. The summed E-state index contributed by atoms with van der Waals surface area (Å²) in [4.78, 5) is 13.4. The molecular weight excluding hydrogens is 232 g/mol. The van der Waals surface area contributed by atoms with Crippen molar-refractivity contribution in [3.05, 3.63) is 29.8 Å². The van der Waals surface area contributed by atoms with Crippen LogP contribution in [0.3, 0.4) is 0 Å². The van der Waals surface area contributed by atoms with Gasteiger partial charge < -0.3 is 20.8 Å². The van der Waals surface area contributed by atoms with Crippen LogP contribution in [0.2, 0.25) is 0 Å². The molecule has 1 saturated heterocycles. The van der Waals surface area contributed by atoms with Crippen LogP contribution < -0.4 is 5.73 Å². The van der Waals surface area contributed by atoms with Gasteiger partial charge in [0.2, 0.25) is 5.91 Å². The van der Waals surface area contributed by atoms with Crippen molar-refractivity contribution in [3.8, 4) is 0 Å². The van der Waals surface area contributed by atoms with Crippen LogP contribution in [-0.2, 0) is 11.2 Å². The summed E-state index contributed by atoms with van der Waals surface area (Å²) < 4.78 is 0. The number of carbonyl (C=O) groups excluding carboxylic acids is 1. The summed E-state index contributed by atoms with van der Waals surface area (Å²) in [5.74, 6) is -0.0394. The molecule has 2 unspecified atom stereocenters. The Labute approximate surface area is 106 Å². The van der Waals surface area contributed by atoms with Crippen LogP contribution in [-0.4, -0.2) is 46.3 Å². The number of aliphatic hydroxyl groups excluding tert-OH is 2.